The van der Waals surface area contributed by atoms with Crippen molar-refractivity contribution in [2.75, 3.05) is 10.8 Å². The summed E-state index contributed by atoms with van der Waals surface area (Å²) in [7, 11) is -4.03. The van der Waals surface area contributed by atoms with E-state index in [1.807, 2.05) is 30.3 Å². The van der Waals surface area contributed by atoms with Crippen molar-refractivity contribution in [3.05, 3.63) is 84.7 Å². The van der Waals surface area contributed by atoms with Crippen molar-refractivity contribution in [2.24, 2.45) is 5.10 Å². The summed E-state index contributed by atoms with van der Waals surface area (Å²) >= 11 is 0. The summed E-state index contributed by atoms with van der Waals surface area (Å²) in [5, 5.41) is 11.5. The van der Waals surface area contributed by atoms with Crippen LogP contribution in [0.5, 0.6) is 0 Å². The SMILES string of the molecule is C/C(=N\NC(=O)CN1c2c(-c3ccccc3)n[nH]c2-c2ccccc2S1(=O)=O)c1ccncc1. The summed E-state index contributed by atoms with van der Waals surface area (Å²) in [5.74, 6) is -0.581. The van der Waals surface area contributed by atoms with E-state index in [0.29, 0.717) is 28.4 Å². The zero-order chi connectivity index (χ0) is 23.7. The smallest absolute Gasteiger partial charge is 0.265 e. The highest BCUT2D eigenvalue weighted by Crippen LogP contribution is 2.46. The number of hydrogen-bond acceptors (Lipinski definition) is 6. The van der Waals surface area contributed by atoms with Crippen LogP contribution in [0.2, 0.25) is 0 Å². The molecule has 0 atom stereocenters. The fourth-order valence-electron chi connectivity index (χ4n) is 3.83. The molecule has 1 amide bonds. The Morgan fingerprint density at radius 1 is 1.03 bits per heavy atom. The first-order chi connectivity index (χ1) is 16.5. The monoisotopic (exact) mass is 472 g/mol. The number of nitrogens with one attached hydrogen (secondary N) is 2. The topological polar surface area (TPSA) is 120 Å². The highest BCUT2D eigenvalue weighted by Gasteiger charge is 2.39. The lowest BCUT2D eigenvalue weighted by Gasteiger charge is -2.29. The number of carbonyl (C=O) groups excluding carboxylic acids is 1. The number of aromatic amines is 1. The molecule has 4 aromatic rings. The molecule has 0 unspecified atom stereocenters. The standard InChI is InChI=1S/C24H20N6O3S/c1-16(17-11-13-25-14-12-17)26-27-21(31)15-30-24-22(18-7-3-2-4-8-18)28-29-23(24)19-9-5-6-10-20(19)34(30,32)33/h2-14H,15H2,1H3,(H,27,31)(H,28,29)/b26-16+. The summed E-state index contributed by atoms with van der Waals surface area (Å²) in [6.07, 6.45) is 3.25. The number of amides is 1. The van der Waals surface area contributed by atoms with Crippen LogP contribution in [-0.2, 0) is 14.8 Å². The molecule has 1 aliphatic rings. The summed E-state index contributed by atoms with van der Waals surface area (Å²) in [4.78, 5) is 16.9. The Labute approximate surface area is 196 Å². The predicted molar refractivity (Wildman–Crippen MR) is 129 cm³/mol. The first kappa shape index (κ1) is 21.5. The number of H-pyrrole nitrogens is 1. The first-order valence-corrected chi connectivity index (χ1v) is 11.9. The van der Waals surface area contributed by atoms with E-state index in [2.05, 4.69) is 25.7 Å². The zero-order valence-corrected chi connectivity index (χ0v) is 19.0. The van der Waals surface area contributed by atoms with E-state index >= 15 is 0 Å². The molecular formula is C24H20N6O3S. The number of pyridine rings is 1. The number of rotatable bonds is 5. The Hall–Kier alpha value is -4.31. The number of hydrazone groups is 1. The minimum atomic E-state index is -4.03. The van der Waals surface area contributed by atoms with Crippen LogP contribution >= 0.6 is 0 Å². The lowest BCUT2D eigenvalue weighted by atomic mass is 10.1. The van der Waals surface area contributed by atoms with E-state index in [-0.39, 0.29) is 4.90 Å². The summed E-state index contributed by atoms with van der Waals surface area (Å²) < 4.78 is 28.3. The summed E-state index contributed by atoms with van der Waals surface area (Å²) in [6, 6.07) is 19.4. The molecule has 1 aliphatic heterocycles. The molecule has 170 valence electrons. The largest absolute Gasteiger partial charge is 0.275 e. The van der Waals surface area contributed by atoms with Gasteiger partial charge in [0.2, 0.25) is 0 Å². The average Bonchev–Trinajstić information content (AvgIpc) is 3.31. The van der Waals surface area contributed by atoms with Gasteiger partial charge in [0.15, 0.2) is 0 Å². The Balaban J connectivity index is 1.54. The molecule has 3 heterocycles. The van der Waals surface area contributed by atoms with Crippen LogP contribution < -0.4 is 9.73 Å². The molecular weight excluding hydrogens is 452 g/mol. The summed E-state index contributed by atoms with van der Waals surface area (Å²) in [6.45, 7) is 1.28. The molecule has 2 aromatic heterocycles. The molecule has 2 N–H and O–H groups in total. The number of nitrogens with zero attached hydrogens (tertiary/aromatic N) is 4. The second-order valence-corrected chi connectivity index (χ2v) is 9.47. The molecule has 0 saturated heterocycles. The minimum Gasteiger partial charge on any atom is -0.275 e. The Morgan fingerprint density at radius 2 is 1.74 bits per heavy atom. The molecule has 0 aliphatic carbocycles. The lowest BCUT2D eigenvalue weighted by molar-refractivity contribution is -0.119. The minimum absolute atomic E-state index is 0.107. The van der Waals surface area contributed by atoms with Gasteiger partial charge in [-0.05, 0) is 25.1 Å². The third kappa shape index (κ3) is 3.73. The van der Waals surface area contributed by atoms with E-state index in [9.17, 15) is 13.2 Å². The van der Waals surface area contributed by atoms with Gasteiger partial charge in [0.25, 0.3) is 15.9 Å². The fraction of sp³-hybridized carbons (Fsp3) is 0.0833. The molecule has 0 spiro atoms. The Bertz CT molecular complexity index is 1480. The van der Waals surface area contributed by atoms with Gasteiger partial charge in [0.05, 0.1) is 16.3 Å². The van der Waals surface area contributed by atoms with Crippen LogP contribution in [-0.4, -0.2) is 41.8 Å². The van der Waals surface area contributed by atoms with Crippen molar-refractivity contribution in [3.63, 3.8) is 0 Å². The van der Waals surface area contributed by atoms with Crippen molar-refractivity contribution in [2.45, 2.75) is 11.8 Å². The molecule has 0 saturated carbocycles. The van der Waals surface area contributed by atoms with Gasteiger partial charge >= 0.3 is 0 Å². The molecule has 0 bridgehead atoms. The van der Waals surface area contributed by atoms with E-state index in [1.54, 1.807) is 49.6 Å². The van der Waals surface area contributed by atoms with Crippen LogP contribution in [0, 0.1) is 0 Å². The maximum atomic E-state index is 13.6. The van der Waals surface area contributed by atoms with Crippen molar-refractivity contribution in [1.82, 2.24) is 20.6 Å². The molecule has 5 rings (SSSR count). The van der Waals surface area contributed by atoms with Gasteiger partial charge < -0.3 is 0 Å². The van der Waals surface area contributed by atoms with Crippen LogP contribution in [0.25, 0.3) is 22.5 Å². The van der Waals surface area contributed by atoms with Crippen molar-refractivity contribution < 1.29 is 13.2 Å². The Morgan fingerprint density at radius 3 is 2.50 bits per heavy atom. The maximum Gasteiger partial charge on any atom is 0.265 e. The summed E-state index contributed by atoms with van der Waals surface area (Å²) in [5.41, 5.74) is 6.37. The zero-order valence-electron chi connectivity index (χ0n) is 18.1. The average molecular weight is 473 g/mol. The number of hydrogen-bond donors (Lipinski definition) is 2. The van der Waals surface area contributed by atoms with Crippen molar-refractivity contribution >= 4 is 27.3 Å². The molecule has 10 heteroatoms. The predicted octanol–water partition coefficient (Wildman–Crippen LogP) is 3.19. The number of fused-ring (bicyclic) bond motifs is 3. The maximum absolute atomic E-state index is 13.6. The Kier molecular flexibility index (Phi) is 5.42. The highest BCUT2D eigenvalue weighted by atomic mass is 32.2. The van der Waals surface area contributed by atoms with E-state index in [1.165, 1.54) is 6.07 Å². The van der Waals surface area contributed by atoms with Crippen LogP contribution in [0.15, 0.2) is 89.1 Å². The third-order valence-corrected chi connectivity index (χ3v) is 7.30. The number of carbonyl (C=O) groups is 1. The van der Waals surface area contributed by atoms with Crippen molar-refractivity contribution in [3.8, 4) is 22.5 Å². The first-order valence-electron chi connectivity index (χ1n) is 10.5. The number of aromatic nitrogens is 3. The molecule has 2 aromatic carbocycles. The second-order valence-electron chi connectivity index (χ2n) is 7.64. The van der Waals surface area contributed by atoms with Crippen LogP contribution in [0.4, 0.5) is 5.69 Å². The van der Waals surface area contributed by atoms with Gasteiger partial charge in [-0.25, -0.2) is 13.8 Å². The van der Waals surface area contributed by atoms with E-state index in [0.717, 1.165) is 15.4 Å². The van der Waals surface area contributed by atoms with Crippen LogP contribution in [0.3, 0.4) is 0 Å². The van der Waals surface area contributed by atoms with E-state index < -0.39 is 22.5 Å². The molecule has 0 fully saturated rings. The van der Waals surface area contributed by atoms with Crippen molar-refractivity contribution in [1.29, 1.82) is 0 Å². The number of benzene rings is 2. The number of anilines is 1. The lowest BCUT2D eigenvalue weighted by Crippen LogP contribution is -2.41. The van der Waals surface area contributed by atoms with Gasteiger partial charge in [-0.2, -0.15) is 10.2 Å². The number of sulfonamides is 1. The second kappa shape index (κ2) is 8.56. The molecule has 9 nitrogen and oxygen atoms in total. The third-order valence-electron chi connectivity index (χ3n) is 5.50. The van der Waals surface area contributed by atoms with Gasteiger partial charge in [-0.1, -0.05) is 48.5 Å². The van der Waals surface area contributed by atoms with Gasteiger partial charge in [-0.15, -0.1) is 0 Å². The van der Waals surface area contributed by atoms with Gasteiger partial charge in [-0.3, -0.25) is 19.2 Å². The molecule has 34 heavy (non-hydrogen) atoms. The van der Waals surface area contributed by atoms with Gasteiger partial charge in [0.1, 0.15) is 17.9 Å². The quantitative estimate of drug-likeness (QED) is 0.341. The van der Waals surface area contributed by atoms with Gasteiger partial charge in [0, 0.05) is 29.1 Å². The molecule has 0 radical (unpaired) electrons. The van der Waals surface area contributed by atoms with E-state index in [4.69, 9.17) is 0 Å². The normalized spacial score (nSPS) is 14.3. The highest BCUT2D eigenvalue weighted by molar-refractivity contribution is 7.93. The fourth-order valence-corrected chi connectivity index (χ4v) is 5.48. The van der Waals surface area contributed by atoms with Crippen LogP contribution in [0.1, 0.15) is 12.5 Å².